The number of carbonyl (C=O) groups excluding carboxylic acids is 2. The van der Waals surface area contributed by atoms with Crippen molar-refractivity contribution >= 4 is 46.6 Å². The Balaban J connectivity index is 1.31. The second kappa shape index (κ2) is 11.7. The van der Waals surface area contributed by atoms with Crippen LogP contribution in [0.4, 0.5) is 17.1 Å². The number of benzene rings is 3. The van der Waals surface area contributed by atoms with Crippen LogP contribution in [0, 0.1) is 12.8 Å². The molecule has 2 bridgehead atoms. The Hall–Kier alpha value is -4.62. The van der Waals surface area contributed by atoms with E-state index in [9.17, 15) is 14.4 Å². The first kappa shape index (κ1) is 27.5. The number of fused-ring (bicyclic) bond motifs is 4. The van der Waals surface area contributed by atoms with Gasteiger partial charge in [-0.2, -0.15) is 0 Å². The van der Waals surface area contributed by atoms with Crippen molar-refractivity contribution in [1.29, 1.82) is 0 Å². The molecule has 1 aromatic heterocycles. The molecule has 0 spiro atoms. The van der Waals surface area contributed by atoms with Gasteiger partial charge in [-0.1, -0.05) is 54.1 Å². The Bertz CT molecular complexity index is 1750. The number of piperidine rings is 1. The molecule has 3 heterocycles. The fraction of sp³-hybridized carbons (Fsp3) is 0.206. The van der Waals surface area contributed by atoms with Crippen molar-refractivity contribution in [2.75, 3.05) is 28.6 Å². The van der Waals surface area contributed by atoms with Gasteiger partial charge in [0.25, 0.3) is 11.5 Å². The molecule has 212 valence electrons. The predicted molar refractivity (Wildman–Crippen MR) is 168 cm³/mol. The Morgan fingerprint density at radius 2 is 1.71 bits per heavy atom. The van der Waals surface area contributed by atoms with E-state index in [2.05, 4.69) is 15.5 Å². The average molecular weight is 579 g/mol. The number of halogens is 1. The molecular weight excluding hydrogens is 548 g/mol. The molecule has 8 heteroatoms. The molecule has 6 rings (SSSR count). The number of hydrogen-bond acceptors (Lipinski definition) is 4. The summed E-state index contributed by atoms with van der Waals surface area (Å²) in [5.41, 5.74) is 5.33. The minimum absolute atomic E-state index is 0.0408. The van der Waals surface area contributed by atoms with Gasteiger partial charge in [-0.15, -0.1) is 0 Å². The summed E-state index contributed by atoms with van der Waals surface area (Å²) in [6.07, 6.45) is 4.27. The SMILES string of the molecule is Cc1ccc(Cl)cc1NC(=O)c1ccc(N2C[C@H]3C[C@@H](C2)c2cccc(=O)n2C3)c(NC(=O)/C=C/c2ccccc2)c1. The van der Waals surface area contributed by atoms with E-state index in [1.54, 1.807) is 36.4 Å². The Morgan fingerprint density at radius 1 is 0.881 bits per heavy atom. The van der Waals surface area contributed by atoms with Gasteiger partial charge in [0, 0.05) is 59.7 Å². The Morgan fingerprint density at radius 3 is 2.55 bits per heavy atom. The normalized spacial score (nSPS) is 17.5. The third-order valence-electron chi connectivity index (χ3n) is 8.01. The van der Waals surface area contributed by atoms with Crippen molar-refractivity contribution < 1.29 is 9.59 Å². The van der Waals surface area contributed by atoms with Crippen LogP contribution >= 0.6 is 11.6 Å². The number of aryl methyl sites for hydroxylation is 1. The maximum absolute atomic E-state index is 13.3. The molecule has 4 aromatic rings. The quantitative estimate of drug-likeness (QED) is 0.262. The number of nitrogens with one attached hydrogen (secondary N) is 2. The molecule has 0 unspecified atom stereocenters. The number of anilines is 3. The van der Waals surface area contributed by atoms with Gasteiger partial charge in [-0.3, -0.25) is 14.4 Å². The highest BCUT2D eigenvalue weighted by Gasteiger charge is 2.35. The van der Waals surface area contributed by atoms with Gasteiger partial charge in [0.2, 0.25) is 5.91 Å². The molecule has 2 atom stereocenters. The van der Waals surface area contributed by atoms with E-state index in [0.717, 1.165) is 35.5 Å². The standard InChI is InChI=1S/C34H31ClN4O3/c1-22-10-13-27(35)18-28(22)37-34(42)25-12-14-31(29(17-25)36-32(40)15-11-23-6-3-2-4-7-23)38-19-24-16-26(21-38)30-8-5-9-33(41)39(30)20-24/h2-15,17-18,24,26H,16,19-21H2,1H3,(H,36,40)(H,37,42)/b15-11+/t24-,26+/m1/s1. The minimum Gasteiger partial charge on any atom is -0.369 e. The van der Waals surface area contributed by atoms with Crippen molar-refractivity contribution in [3.63, 3.8) is 0 Å². The molecule has 0 radical (unpaired) electrons. The second-order valence-corrected chi connectivity index (χ2v) is 11.4. The Labute approximate surface area is 249 Å². The van der Waals surface area contributed by atoms with E-state index in [0.29, 0.717) is 41.0 Å². The average Bonchev–Trinajstić information content (AvgIpc) is 2.99. The monoisotopic (exact) mass is 578 g/mol. The summed E-state index contributed by atoms with van der Waals surface area (Å²) in [5.74, 6) is -0.100. The van der Waals surface area contributed by atoms with Crippen molar-refractivity contribution in [2.45, 2.75) is 25.8 Å². The van der Waals surface area contributed by atoms with Crippen molar-refractivity contribution in [2.24, 2.45) is 5.92 Å². The molecule has 2 amide bonds. The first-order valence-corrected chi connectivity index (χ1v) is 14.4. The highest BCUT2D eigenvalue weighted by molar-refractivity contribution is 6.31. The van der Waals surface area contributed by atoms with Gasteiger partial charge in [-0.25, -0.2) is 0 Å². The van der Waals surface area contributed by atoms with Gasteiger partial charge < -0.3 is 20.1 Å². The zero-order chi connectivity index (χ0) is 29.2. The number of pyridine rings is 1. The summed E-state index contributed by atoms with van der Waals surface area (Å²) in [6.45, 7) is 4.02. The predicted octanol–water partition coefficient (Wildman–Crippen LogP) is 6.34. The lowest BCUT2D eigenvalue weighted by Gasteiger charge is -2.44. The van der Waals surface area contributed by atoms with Crippen LogP contribution in [0.2, 0.25) is 5.02 Å². The molecule has 0 saturated carbocycles. The van der Waals surface area contributed by atoms with Crippen LogP contribution < -0.4 is 21.1 Å². The third kappa shape index (κ3) is 5.87. The van der Waals surface area contributed by atoms with Crippen LogP contribution in [0.25, 0.3) is 6.08 Å². The van der Waals surface area contributed by atoms with Gasteiger partial charge in [-0.05, 0) is 72.9 Å². The van der Waals surface area contributed by atoms with Gasteiger partial charge in [0.05, 0.1) is 11.4 Å². The lowest BCUT2D eigenvalue weighted by atomic mass is 9.83. The van der Waals surface area contributed by atoms with Crippen molar-refractivity contribution in [3.05, 3.63) is 129 Å². The third-order valence-corrected chi connectivity index (χ3v) is 8.25. The smallest absolute Gasteiger partial charge is 0.255 e. The summed E-state index contributed by atoms with van der Waals surface area (Å²) in [7, 11) is 0. The summed E-state index contributed by atoms with van der Waals surface area (Å²) >= 11 is 6.16. The van der Waals surface area contributed by atoms with E-state index in [1.165, 1.54) is 6.08 Å². The largest absolute Gasteiger partial charge is 0.369 e. The second-order valence-electron chi connectivity index (χ2n) is 11.0. The fourth-order valence-electron chi connectivity index (χ4n) is 5.98. The number of aromatic nitrogens is 1. The number of rotatable bonds is 6. The first-order valence-electron chi connectivity index (χ1n) is 14.0. The zero-order valence-corrected chi connectivity index (χ0v) is 24.0. The number of amides is 2. The minimum atomic E-state index is -0.300. The highest BCUT2D eigenvalue weighted by atomic mass is 35.5. The summed E-state index contributed by atoms with van der Waals surface area (Å²) in [5, 5.41) is 6.51. The lowest BCUT2D eigenvalue weighted by Crippen LogP contribution is -2.47. The number of hydrogen-bond donors (Lipinski definition) is 2. The van der Waals surface area contributed by atoms with Gasteiger partial charge in [0.1, 0.15) is 0 Å². The molecule has 0 aliphatic carbocycles. The highest BCUT2D eigenvalue weighted by Crippen LogP contribution is 2.39. The van der Waals surface area contributed by atoms with Crippen LogP contribution in [-0.4, -0.2) is 29.5 Å². The Kier molecular flexibility index (Phi) is 7.68. The molecule has 1 saturated heterocycles. The van der Waals surface area contributed by atoms with Crippen LogP contribution in [0.3, 0.4) is 0 Å². The maximum Gasteiger partial charge on any atom is 0.255 e. The van der Waals surface area contributed by atoms with E-state index >= 15 is 0 Å². The number of nitrogens with zero attached hydrogens (tertiary/aromatic N) is 2. The summed E-state index contributed by atoms with van der Waals surface area (Å²) in [6, 6.07) is 25.8. The first-order chi connectivity index (χ1) is 20.3. The molecule has 3 aromatic carbocycles. The van der Waals surface area contributed by atoms with E-state index in [1.807, 2.05) is 66.1 Å². The van der Waals surface area contributed by atoms with E-state index in [-0.39, 0.29) is 23.3 Å². The molecule has 7 nitrogen and oxygen atoms in total. The van der Waals surface area contributed by atoms with Gasteiger partial charge in [0.15, 0.2) is 0 Å². The molecule has 42 heavy (non-hydrogen) atoms. The maximum atomic E-state index is 13.3. The molecule has 1 fully saturated rings. The van der Waals surface area contributed by atoms with Crippen molar-refractivity contribution in [3.8, 4) is 0 Å². The van der Waals surface area contributed by atoms with Crippen molar-refractivity contribution in [1.82, 2.24) is 4.57 Å². The summed E-state index contributed by atoms with van der Waals surface area (Å²) in [4.78, 5) is 41.2. The van der Waals surface area contributed by atoms with E-state index in [4.69, 9.17) is 11.6 Å². The molecule has 2 aliphatic heterocycles. The van der Waals surface area contributed by atoms with Crippen LogP contribution in [0.5, 0.6) is 0 Å². The van der Waals surface area contributed by atoms with Crippen LogP contribution in [0.15, 0.2) is 95.8 Å². The van der Waals surface area contributed by atoms with Crippen LogP contribution in [0.1, 0.15) is 39.5 Å². The fourth-order valence-corrected chi connectivity index (χ4v) is 6.15. The summed E-state index contributed by atoms with van der Waals surface area (Å²) < 4.78 is 1.90. The molecule has 2 aliphatic rings. The van der Waals surface area contributed by atoms with E-state index < -0.39 is 0 Å². The zero-order valence-electron chi connectivity index (χ0n) is 23.2. The van der Waals surface area contributed by atoms with Crippen LogP contribution in [-0.2, 0) is 11.3 Å². The van der Waals surface area contributed by atoms with Gasteiger partial charge >= 0.3 is 0 Å². The number of carbonyl (C=O) groups is 2. The molecule has 2 N–H and O–H groups in total. The topological polar surface area (TPSA) is 83.4 Å². The lowest BCUT2D eigenvalue weighted by molar-refractivity contribution is -0.111. The molecular formula is C34H31ClN4O3.